The van der Waals surface area contributed by atoms with E-state index < -0.39 is 13.3 Å². The second-order valence-corrected chi connectivity index (χ2v) is 11.0. The highest BCUT2D eigenvalue weighted by Gasteiger charge is 2.36. The summed E-state index contributed by atoms with van der Waals surface area (Å²) >= 11 is 2.17. The number of nitriles is 1. The standard InChI is InChI=1S/C23H19IN5O3P/c1-14-5-15(9-25)7-18(6-14)33(31,32-2)22-19-8-17(24)3-4-20(19)29-21(22)23(30)28-12-16-10-26-13-27-11-16/h3-8,10-11,13,29H,12H2,1-2H3,(H,28,30). The molecule has 33 heavy (non-hydrogen) atoms. The molecule has 166 valence electrons. The van der Waals surface area contributed by atoms with Crippen LogP contribution in [0.3, 0.4) is 0 Å². The Kier molecular flexibility index (Phi) is 6.61. The van der Waals surface area contributed by atoms with Crippen LogP contribution in [0, 0.1) is 21.8 Å². The summed E-state index contributed by atoms with van der Waals surface area (Å²) in [5.74, 6) is -0.439. The van der Waals surface area contributed by atoms with E-state index in [1.807, 2.05) is 25.1 Å². The quantitative estimate of drug-likeness (QED) is 0.270. The van der Waals surface area contributed by atoms with Gasteiger partial charge in [-0.1, -0.05) is 0 Å². The number of nitrogens with zero attached hydrogens (tertiary/aromatic N) is 3. The van der Waals surface area contributed by atoms with E-state index in [9.17, 15) is 14.6 Å². The maximum absolute atomic E-state index is 14.4. The normalized spacial score (nSPS) is 12.8. The van der Waals surface area contributed by atoms with E-state index in [-0.39, 0.29) is 17.5 Å². The van der Waals surface area contributed by atoms with Gasteiger partial charge in [0.1, 0.15) is 12.0 Å². The van der Waals surface area contributed by atoms with Crippen LogP contribution in [0.15, 0.2) is 55.1 Å². The SMILES string of the molecule is COP(=O)(c1cc(C)cc(C#N)c1)c1c(C(=O)NCc2cncnc2)[nH]c2ccc(I)cc12. The molecule has 8 nitrogen and oxygen atoms in total. The van der Waals surface area contributed by atoms with Crippen molar-refractivity contribution in [3.63, 3.8) is 0 Å². The lowest BCUT2D eigenvalue weighted by atomic mass is 10.2. The van der Waals surface area contributed by atoms with E-state index >= 15 is 0 Å². The number of benzene rings is 2. The van der Waals surface area contributed by atoms with Crippen LogP contribution in [-0.4, -0.2) is 28.0 Å². The van der Waals surface area contributed by atoms with E-state index in [1.165, 1.54) is 13.4 Å². The van der Waals surface area contributed by atoms with Crippen molar-refractivity contribution in [3.8, 4) is 6.07 Å². The van der Waals surface area contributed by atoms with Gasteiger partial charge >= 0.3 is 0 Å². The Hall–Kier alpha value is -3.06. The van der Waals surface area contributed by atoms with Crippen molar-refractivity contribution in [1.82, 2.24) is 20.3 Å². The highest BCUT2D eigenvalue weighted by molar-refractivity contribution is 14.1. The van der Waals surface area contributed by atoms with E-state index in [1.54, 1.807) is 30.6 Å². The molecule has 0 aliphatic carbocycles. The third-order valence-electron chi connectivity index (χ3n) is 5.11. The number of nitrogens with one attached hydrogen (secondary N) is 2. The number of carbonyl (C=O) groups excluding carboxylic acids is 1. The second-order valence-electron chi connectivity index (χ2n) is 7.37. The van der Waals surface area contributed by atoms with Crippen LogP contribution in [0.25, 0.3) is 10.9 Å². The predicted molar refractivity (Wildman–Crippen MR) is 134 cm³/mol. The number of aromatic nitrogens is 3. The number of H-pyrrole nitrogens is 1. The summed E-state index contributed by atoms with van der Waals surface area (Å²) in [4.78, 5) is 24.3. The average molecular weight is 571 g/mol. The van der Waals surface area contributed by atoms with Gasteiger partial charge in [-0.2, -0.15) is 5.26 Å². The molecule has 4 aromatic rings. The summed E-state index contributed by atoms with van der Waals surface area (Å²) in [6.45, 7) is 2.02. The Labute approximate surface area is 204 Å². The van der Waals surface area contributed by atoms with Crippen LogP contribution >= 0.6 is 30.0 Å². The predicted octanol–water partition coefficient (Wildman–Crippen LogP) is 3.55. The number of fused-ring (bicyclic) bond motifs is 1. The Bertz CT molecular complexity index is 1450. The van der Waals surface area contributed by atoms with Crippen LogP contribution in [0.2, 0.25) is 0 Å². The molecule has 2 aromatic heterocycles. The zero-order chi connectivity index (χ0) is 23.6. The van der Waals surface area contributed by atoms with Crippen molar-refractivity contribution >= 4 is 57.4 Å². The van der Waals surface area contributed by atoms with Gasteiger partial charge in [-0.15, -0.1) is 0 Å². The van der Waals surface area contributed by atoms with Crippen LogP contribution in [0.4, 0.5) is 0 Å². The maximum atomic E-state index is 14.4. The number of rotatable bonds is 6. The lowest BCUT2D eigenvalue weighted by Gasteiger charge is -2.19. The van der Waals surface area contributed by atoms with Crippen LogP contribution < -0.4 is 15.9 Å². The molecule has 0 aliphatic heterocycles. The van der Waals surface area contributed by atoms with Crippen LogP contribution in [0.5, 0.6) is 0 Å². The van der Waals surface area contributed by atoms with Gasteiger partial charge in [0.2, 0.25) is 0 Å². The Morgan fingerprint density at radius 3 is 2.70 bits per heavy atom. The third kappa shape index (κ3) is 4.55. The number of aryl methyl sites for hydroxylation is 1. The van der Waals surface area contributed by atoms with Crippen LogP contribution in [-0.2, 0) is 15.6 Å². The first-order valence-corrected chi connectivity index (χ1v) is 12.6. The highest BCUT2D eigenvalue weighted by atomic mass is 127. The summed E-state index contributed by atoms with van der Waals surface area (Å²) in [5.41, 5.74) is 2.67. The molecule has 0 saturated carbocycles. The molecule has 0 bridgehead atoms. The topological polar surface area (TPSA) is 121 Å². The first-order valence-electron chi connectivity index (χ1n) is 9.87. The molecular formula is C23H19IN5O3P. The summed E-state index contributed by atoms with van der Waals surface area (Å²) < 4.78 is 21.0. The fraction of sp³-hybridized carbons (Fsp3) is 0.130. The summed E-state index contributed by atoms with van der Waals surface area (Å²) in [5, 5.41) is 13.5. The number of carbonyl (C=O) groups is 1. The van der Waals surface area contributed by atoms with E-state index in [0.717, 1.165) is 14.7 Å². The molecule has 2 aromatic carbocycles. The van der Waals surface area contributed by atoms with Crippen molar-refractivity contribution in [2.24, 2.45) is 0 Å². The summed E-state index contributed by atoms with van der Waals surface area (Å²) in [6.07, 6.45) is 4.63. The van der Waals surface area contributed by atoms with Gasteiger partial charge in [0.15, 0.2) is 0 Å². The van der Waals surface area contributed by atoms with Gasteiger partial charge < -0.3 is 14.8 Å². The Morgan fingerprint density at radius 1 is 1.24 bits per heavy atom. The minimum atomic E-state index is -3.75. The first-order chi connectivity index (χ1) is 15.9. The molecule has 0 spiro atoms. The van der Waals surface area contributed by atoms with Gasteiger partial charge in [0.25, 0.3) is 13.3 Å². The first kappa shape index (κ1) is 23.1. The third-order valence-corrected chi connectivity index (χ3v) is 8.29. The molecular weight excluding hydrogens is 552 g/mol. The fourth-order valence-electron chi connectivity index (χ4n) is 3.64. The summed E-state index contributed by atoms with van der Waals surface area (Å²) in [7, 11) is -2.40. The zero-order valence-corrected chi connectivity index (χ0v) is 20.8. The number of hydrogen-bond donors (Lipinski definition) is 2. The number of amides is 1. The van der Waals surface area contributed by atoms with E-state index in [2.05, 4.69) is 48.9 Å². The Morgan fingerprint density at radius 2 is 2.00 bits per heavy atom. The molecule has 1 unspecified atom stereocenters. The smallest absolute Gasteiger partial charge is 0.268 e. The maximum Gasteiger partial charge on any atom is 0.268 e. The van der Waals surface area contributed by atoms with Gasteiger partial charge in [-0.3, -0.25) is 9.36 Å². The molecule has 10 heteroatoms. The molecule has 2 heterocycles. The minimum absolute atomic E-state index is 0.147. The average Bonchev–Trinajstić information content (AvgIpc) is 3.21. The molecule has 0 aliphatic rings. The van der Waals surface area contributed by atoms with Crippen molar-refractivity contribution < 1.29 is 13.9 Å². The second kappa shape index (κ2) is 9.43. The molecule has 4 rings (SSSR count). The van der Waals surface area contributed by atoms with Crippen LogP contribution in [0.1, 0.15) is 27.2 Å². The fourth-order valence-corrected chi connectivity index (χ4v) is 6.41. The van der Waals surface area contributed by atoms with Gasteiger partial charge in [0, 0.05) is 51.4 Å². The van der Waals surface area contributed by atoms with Crippen molar-refractivity contribution in [2.45, 2.75) is 13.5 Å². The number of aromatic amines is 1. The largest absolute Gasteiger partial charge is 0.350 e. The number of hydrogen-bond acceptors (Lipinski definition) is 6. The molecule has 0 saturated heterocycles. The molecule has 1 amide bonds. The highest BCUT2D eigenvalue weighted by Crippen LogP contribution is 2.47. The van der Waals surface area contributed by atoms with E-state index in [4.69, 9.17) is 4.52 Å². The van der Waals surface area contributed by atoms with Gasteiger partial charge in [-0.05, 0) is 71.5 Å². The van der Waals surface area contributed by atoms with Crippen molar-refractivity contribution in [1.29, 1.82) is 5.26 Å². The monoisotopic (exact) mass is 571 g/mol. The van der Waals surface area contributed by atoms with E-state index in [0.29, 0.717) is 21.8 Å². The molecule has 0 radical (unpaired) electrons. The van der Waals surface area contributed by atoms with Crippen molar-refractivity contribution in [3.05, 3.63) is 81.1 Å². The molecule has 0 fully saturated rings. The molecule has 2 N–H and O–H groups in total. The summed E-state index contributed by atoms with van der Waals surface area (Å²) in [6, 6.07) is 12.7. The lowest BCUT2D eigenvalue weighted by Crippen LogP contribution is -2.30. The van der Waals surface area contributed by atoms with Gasteiger partial charge in [-0.25, -0.2) is 9.97 Å². The lowest BCUT2D eigenvalue weighted by molar-refractivity contribution is 0.0947. The zero-order valence-electron chi connectivity index (χ0n) is 17.8. The molecule has 1 atom stereocenters. The van der Waals surface area contributed by atoms with Gasteiger partial charge in [0.05, 0.1) is 16.9 Å². The Balaban J connectivity index is 1.88. The van der Waals surface area contributed by atoms with Crippen molar-refractivity contribution in [2.75, 3.05) is 7.11 Å². The minimum Gasteiger partial charge on any atom is -0.350 e. The number of halogens is 1.